The maximum Gasteiger partial charge on any atom is 0.336 e. The van der Waals surface area contributed by atoms with E-state index in [1.165, 1.54) is 18.2 Å². The minimum absolute atomic E-state index is 0.0987. The molecule has 3 rings (SSSR count). The molecule has 2 atom stereocenters. The molecule has 0 radical (unpaired) electrons. The monoisotopic (exact) mass is 368 g/mol. The Bertz CT molecular complexity index is 837. The number of halogens is 4. The van der Waals surface area contributed by atoms with Gasteiger partial charge in [-0.15, -0.1) is 0 Å². The Balaban J connectivity index is 2.32. The third kappa shape index (κ3) is 3.22. The van der Waals surface area contributed by atoms with Crippen LogP contribution in [0.4, 0.5) is 13.2 Å². The minimum Gasteiger partial charge on any atom is -0.481 e. The first-order valence-corrected chi connectivity index (χ1v) is 7.69. The zero-order valence-electron chi connectivity index (χ0n) is 12.6. The molecule has 1 aliphatic heterocycles. The molecule has 2 aromatic carbocycles. The highest BCUT2D eigenvalue weighted by atomic mass is 35.5. The fourth-order valence-corrected chi connectivity index (χ4v) is 2.96. The highest BCUT2D eigenvalue weighted by molar-refractivity contribution is 6.31. The van der Waals surface area contributed by atoms with E-state index < -0.39 is 30.2 Å². The molecule has 0 amide bonds. The average molecular weight is 369 g/mol. The average Bonchev–Trinajstić information content (AvgIpc) is 2.60. The number of carboxylic acids is 1. The molecule has 1 heterocycles. The molecule has 2 unspecified atom stereocenters. The second kappa shape index (κ2) is 6.80. The summed E-state index contributed by atoms with van der Waals surface area (Å²) in [5.74, 6) is -1.43. The number of benzene rings is 2. The Kier molecular flexibility index (Phi) is 4.72. The predicted molar refractivity (Wildman–Crippen MR) is 86.9 cm³/mol. The smallest absolute Gasteiger partial charge is 0.336 e. The second-order valence-electron chi connectivity index (χ2n) is 5.42. The largest absolute Gasteiger partial charge is 0.481 e. The van der Waals surface area contributed by atoms with Crippen molar-refractivity contribution in [2.45, 2.75) is 18.7 Å². The summed E-state index contributed by atoms with van der Waals surface area (Å²) >= 11 is 5.99. The van der Waals surface area contributed by atoms with Gasteiger partial charge in [-0.25, -0.2) is 18.0 Å². The van der Waals surface area contributed by atoms with Gasteiger partial charge in [0.25, 0.3) is 6.43 Å². The van der Waals surface area contributed by atoms with Gasteiger partial charge >= 0.3 is 5.97 Å². The van der Waals surface area contributed by atoms with Crippen LogP contribution in [-0.2, 0) is 4.79 Å². The molecule has 0 aliphatic carbocycles. The van der Waals surface area contributed by atoms with Crippen LogP contribution < -0.4 is 4.74 Å². The first-order chi connectivity index (χ1) is 11.9. The molecule has 7 heteroatoms. The molecule has 0 spiro atoms. The van der Waals surface area contributed by atoms with Crippen molar-refractivity contribution in [3.05, 3.63) is 70.3 Å². The fraction of sp³-hybridized carbons (Fsp3) is 0.167. The van der Waals surface area contributed by atoms with Gasteiger partial charge in [0.2, 0.25) is 6.17 Å². The number of alkyl halides is 3. The van der Waals surface area contributed by atoms with E-state index in [0.29, 0.717) is 16.1 Å². The maximum absolute atomic E-state index is 14.1. The number of hydrogen-bond donors (Lipinski definition) is 1. The van der Waals surface area contributed by atoms with E-state index in [1.54, 1.807) is 30.3 Å². The van der Waals surface area contributed by atoms with Gasteiger partial charge in [-0.1, -0.05) is 41.9 Å². The molecule has 2 aromatic rings. The van der Waals surface area contributed by atoms with Crippen molar-refractivity contribution in [1.82, 2.24) is 0 Å². The molecule has 130 valence electrons. The SMILES string of the molecule is O=C(O)C1=C(c2ccccc2)c2cc(Cl)ccc2OC1C(F)C(F)F. The first kappa shape index (κ1) is 17.4. The molecule has 0 saturated heterocycles. The Hall–Kier alpha value is -2.47. The van der Waals surface area contributed by atoms with Crippen molar-refractivity contribution in [1.29, 1.82) is 0 Å². The summed E-state index contributed by atoms with van der Waals surface area (Å²) in [6.07, 6.45) is -8.10. The summed E-state index contributed by atoms with van der Waals surface area (Å²) < 4.78 is 45.2. The summed E-state index contributed by atoms with van der Waals surface area (Å²) in [6, 6.07) is 12.6. The van der Waals surface area contributed by atoms with E-state index in [-0.39, 0.29) is 11.3 Å². The van der Waals surface area contributed by atoms with E-state index in [1.807, 2.05) is 0 Å². The topological polar surface area (TPSA) is 46.5 Å². The molecule has 3 nitrogen and oxygen atoms in total. The highest BCUT2D eigenvalue weighted by Gasteiger charge is 2.42. The lowest BCUT2D eigenvalue weighted by atomic mass is 9.86. The van der Waals surface area contributed by atoms with Crippen LogP contribution in [0.1, 0.15) is 11.1 Å². The summed E-state index contributed by atoms with van der Waals surface area (Å²) in [5, 5.41) is 9.89. The Labute approximate surface area is 146 Å². The van der Waals surface area contributed by atoms with Crippen LogP contribution in [0.15, 0.2) is 54.1 Å². The molecule has 0 bridgehead atoms. The van der Waals surface area contributed by atoms with Crippen LogP contribution >= 0.6 is 11.6 Å². The van der Waals surface area contributed by atoms with Crippen LogP contribution in [0.25, 0.3) is 5.57 Å². The van der Waals surface area contributed by atoms with E-state index in [2.05, 4.69) is 0 Å². The highest BCUT2D eigenvalue weighted by Crippen LogP contribution is 2.42. The number of carbonyl (C=O) groups is 1. The van der Waals surface area contributed by atoms with Crippen molar-refractivity contribution in [3.63, 3.8) is 0 Å². The number of aliphatic carboxylic acids is 1. The van der Waals surface area contributed by atoms with Gasteiger partial charge in [0.1, 0.15) is 5.75 Å². The molecule has 1 N–H and O–H groups in total. The van der Waals surface area contributed by atoms with Gasteiger partial charge in [-0.3, -0.25) is 0 Å². The summed E-state index contributed by atoms with van der Waals surface area (Å²) in [4.78, 5) is 11.8. The van der Waals surface area contributed by atoms with Gasteiger partial charge in [-0.2, -0.15) is 0 Å². The van der Waals surface area contributed by atoms with Crippen molar-refractivity contribution < 1.29 is 27.8 Å². The lowest BCUT2D eigenvalue weighted by Gasteiger charge is -2.31. The molecule has 0 fully saturated rings. The number of hydrogen-bond acceptors (Lipinski definition) is 2. The molecule has 25 heavy (non-hydrogen) atoms. The van der Waals surface area contributed by atoms with Gasteiger partial charge in [0.15, 0.2) is 6.10 Å². The molecule has 0 saturated carbocycles. The third-order valence-corrected chi connectivity index (χ3v) is 4.08. The normalized spacial score (nSPS) is 17.9. The van der Waals surface area contributed by atoms with Gasteiger partial charge < -0.3 is 9.84 Å². The number of ether oxygens (including phenoxy) is 1. The van der Waals surface area contributed by atoms with E-state index in [0.717, 1.165) is 0 Å². The van der Waals surface area contributed by atoms with Crippen molar-refractivity contribution in [2.75, 3.05) is 0 Å². The van der Waals surface area contributed by atoms with E-state index in [9.17, 15) is 23.1 Å². The zero-order chi connectivity index (χ0) is 18.1. The Morgan fingerprint density at radius 3 is 2.40 bits per heavy atom. The molecular weight excluding hydrogens is 357 g/mol. The Morgan fingerprint density at radius 1 is 1.12 bits per heavy atom. The van der Waals surface area contributed by atoms with Crippen LogP contribution in [0, 0.1) is 0 Å². The number of carboxylic acid groups (broad SMARTS) is 1. The van der Waals surface area contributed by atoms with E-state index >= 15 is 0 Å². The molecule has 1 aliphatic rings. The van der Waals surface area contributed by atoms with Crippen LogP contribution in [0.3, 0.4) is 0 Å². The number of rotatable bonds is 4. The van der Waals surface area contributed by atoms with Gasteiger partial charge in [-0.05, 0) is 23.8 Å². The third-order valence-electron chi connectivity index (χ3n) is 3.84. The van der Waals surface area contributed by atoms with Gasteiger partial charge in [0, 0.05) is 16.2 Å². The fourth-order valence-electron chi connectivity index (χ4n) is 2.78. The van der Waals surface area contributed by atoms with Crippen LogP contribution in [-0.4, -0.2) is 29.8 Å². The van der Waals surface area contributed by atoms with E-state index in [4.69, 9.17) is 16.3 Å². The van der Waals surface area contributed by atoms with Crippen LogP contribution in [0.2, 0.25) is 5.02 Å². The zero-order valence-corrected chi connectivity index (χ0v) is 13.4. The minimum atomic E-state index is -3.38. The standard InChI is InChI=1S/C18H12ClF3O3/c19-10-6-7-12-11(8-10)13(9-4-2-1-3-5-9)14(18(23)24)16(25-12)15(20)17(21)22/h1-8,15-17H,(H,23,24). The lowest BCUT2D eigenvalue weighted by molar-refractivity contribution is -0.134. The van der Waals surface area contributed by atoms with Crippen molar-refractivity contribution >= 4 is 23.1 Å². The Morgan fingerprint density at radius 2 is 1.80 bits per heavy atom. The van der Waals surface area contributed by atoms with Crippen LogP contribution in [0.5, 0.6) is 5.75 Å². The predicted octanol–water partition coefficient (Wildman–Crippen LogP) is 4.59. The second-order valence-corrected chi connectivity index (χ2v) is 5.85. The van der Waals surface area contributed by atoms with Gasteiger partial charge in [0.05, 0.1) is 5.57 Å². The molecular formula is C18H12ClF3O3. The molecule has 0 aromatic heterocycles. The first-order valence-electron chi connectivity index (χ1n) is 7.32. The number of fused-ring (bicyclic) bond motifs is 1. The van der Waals surface area contributed by atoms with Crippen molar-refractivity contribution in [2.24, 2.45) is 0 Å². The quantitative estimate of drug-likeness (QED) is 0.858. The maximum atomic E-state index is 14.1. The summed E-state index contributed by atoms with van der Waals surface area (Å²) in [7, 11) is 0. The summed E-state index contributed by atoms with van der Waals surface area (Å²) in [5.41, 5.74) is 0.311. The lowest BCUT2D eigenvalue weighted by Crippen LogP contribution is -2.40. The summed E-state index contributed by atoms with van der Waals surface area (Å²) in [6.45, 7) is 0. The van der Waals surface area contributed by atoms with Crippen molar-refractivity contribution in [3.8, 4) is 5.75 Å².